The van der Waals surface area contributed by atoms with Crippen LogP contribution < -0.4 is 5.73 Å². The zero-order valence-electron chi connectivity index (χ0n) is 6.77. The van der Waals surface area contributed by atoms with Crippen LogP contribution in [0.2, 0.25) is 5.15 Å². The third-order valence-corrected chi connectivity index (χ3v) is 1.93. The number of aromatic nitrogens is 1. The second-order valence-electron chi connectivity index (χ2n) is 2.60. The summed E-state index contributed by atoms with van der Waals surface area (Å²) in [5.41, 5.74) is 5.98. The zero-order valence-corrected chi connectivity index (χ0v) is 7.53. The van der Waals surface area contributed by atoms with E-state index in [0.29, 0.717) is 10.7 Å². The summed E-state index contributed by atoms with van der Waals surface area (Å²) < 4.78 is 0. The Morgan fingerprint density at radius 1 is 1.77 bits per heavy atom. The second kappa shape index (κ2) is 4.20. The normalized spacial score (nSPS) is 12.5. The first-order valence-corrected chi connectivity index (χ1v) is 4.07. The molecule has 3 N–H and O–H groups in total. The van der Waals surface area contributed by atoms with Crippen molar-refractivity contribution in [3.05, 3.63) is 29.0 Å². The predicted molar refractivity (Wildman–Crippen MR) is 48.6 cm³/mol. The Balaban J connectivity index is 2.74. The van der Waals surface area contributed by atoms with Gasteiger partial charge in [-0.25, -0.2) is 4.98 Å². The van der Waals surface area contributed by atoms with Crippen LogP contribution in [0.4, 0.5) is 0 Å². The van der Waals surface area contributed by atoms with E-state index in [1.807, 2.05) is 0 Å². The highest BCUT2D eigenvalue weighted by molar-refractivity contribution is 6.30. The lowest BCUT2D eigenvalue weighted by Gasteiger charge is -2.06. The third kappa shape index (κ3) is 2.68. The van der Waals surface area contributed by atoms with Crippen LogP contribution in [0.3, 0.4) is 0 Å². The van der Waals surface area contributed by atoms with Crippen LogP contribution in [0.5, 0.6) is 0 Å². The lowest BCUT2D eigenvalue weighted by molar-refractivity contribution is -0.138. The van der Waals surface area contributed by atoms with Gasteiger partial charge in [0.2, 0.25) is 0 Å². The molecule has 0 unspecified atom stereocenters. The highest BCUT2D eigenvalue weighted by atomic mass is 35.5. The number of nitrogens with two attached hydrogens (primary N) is 1. The topological polar surface area (TPSA) is 76.2 Å². The number of carboxylic acid groups (broad SMARTS) is 1. The molecule has 1 heterocycles. The van der Waals surface area contributed by atoms with Crippen LogP contribution in [-0.4, -0.2) is 22.1 Å². The molecule has 0 bridgehead atoms. The number of carboxylic acids is 1. The fourth-order valence-corrected chi connectivity index (χ4v) is 1.09. The lowest BCUT2D eigenvalue weighted by atomic mass is 10.1. The van der Waals surface area contributed by atoms with E-state index < -0.39 is 12.0 Å². The summed E-state index contributed by atoms with van der Waals surface area (Å²) in [4.78, 5) is 14.2. The Hall–Kier alpha value is -1.13. The van der Waals surface area contributed by atoms with Gasteiger partial charge in [0.25, 0.3) is 0 Å². The minimum atomic E-state index is -1.04. The number of nitrogens with zero attached hydrogens (tertiary/aromatic N) is 1. The molecule has 1 aromatic heterocycles. The molecule has 0 aliphatic heterocycles. The summed E-state index contributed by atoms with van der Waals surface area (Å²) in [6.07, 6.45) is 1.74. The summed E-state index contributed by atoms with van der Waals surface area (Å²) in [6, 6.07) is 2.47. The standard InChI is InChI=1S/C8H9ClN2O2/c9-7-5(2-1-3-11-7)4-6(10)8(12)13/h1-3,6H,4,10H2,(H,12,13)/t6-/m0/s1. The van der Waals surface area contributed by atoms with Crippen molar-refractivity contribution in [3.63, 3.8) is 0 Å². The van der Waals surface area contributed by atoms with E-state index in [1.165, 1.54) is 6.20 Å². The molecule has 0 fully saturated rings. The Morgan fingerprint density at radius 3 is 3.00 bits per heavy atom. The van der Waals surface area contributed by atoms with E-state index >= 15 is 0 Å². The summed E-state index contributed by atoms with van der Waals surface area (Å²) in [6.45, 7) is 0. The molecule has 0 aliphatic carbocycles. The molecule has 0 aromatic carbocycles. The number of carbonyl (C=O) groups is 1. The van der Waals surface area contributed by atoms with Crippen molar-refractivity contribution in [2.45, 2.75) is 12.5 Å². The number of halogens is 1. The largest absolute Gasteiger partial charge is 0.480 e. The van der Waals surface area contributed by atoms with Gasteiger partial charge in [0.1, 0.15) is 11.2 Å². The quantitative estimate of drug-likeness (QED) is 0.704. The first-order valence-electron chi connectivity index (χ1n) is 3.69. The van der Waals surface area contributed by atoms with Gasteiger partial charge >= 0.3 is 5.97 Å². The van der Waals surface area contributed by atoms with Gasteiger partial charge in [-0.1, -0.05) is 17.7 Å². The molecule has 5 heteroatoms. The molecule has 13 heavy (non-hydrogen) atoms. The van der Waals surface area contributed by atoms with Crippen molar-refractivity contribution >= 4 is 17.6 Å². The Morgan fingerprint density at radius 2 is 2.46 bits per heavy atom. The maximum Gasteiger partial charge on any atom is 0.320 e. The van der Waals surface area contributed by atoms with Gasteiger partial charge in [0.15, 0.2) is 0 Å². The summed E-state index contributed by atoms with van der Waals surface area (Å²) in [5.74, 6) is -1.04. The van der Waals surface area contributed by atoms with Crippen LogP contribution in [0.15, 0.2) is 18.3 Å². The fraction of sp³-hybridized carbons (Fsp3) is 0.250. The van der Waals surface area contributed by atoms with Gasteiger partial charge in [0, 0.05) is 12.6 Å². The minimum Gasteiger partial charge on any atom is -0.480 e. The molecule has 4 nitrogen and oxygen atoms in total. The lowest BCUT2D eigenvalue weighted by Crippen LogP contribution is -2.32. The summed E-state index contributed by atoms with van der Waals surface area (Å²) in [7, 11) is 0. The number of rotatable bonds is 3. The van der Waals surface area contributed by atoms with Crippen molar-refractivity contribution in [1.82, 2.24) is 4.98 Å². The van der Waals surface area contributed by atoms with Crippen LogP contribution in [-0.2, 0) is 11.2 Å². The first kappa shape index (κ1) is 9.95. The zero-order chi connectivity index (χ0) is 9.84. The van der Waals surface area contributed by atoms with E-state index in [-0.39, 0.29) is 6.42 Å². The number of aliphatic carboxylic acids is 1. The molecule has 1 aromatic rings. The number of hydrogen-bond acceptors (Lipinski definition) is 3. The number of pyridine rings is 1. The average Bonchev–Trinajstić information content (AvgIpc) is 2.08. The van der Waals surface area contributed by atoms with E-state index in [4.69, 9.17) is 22.4 Å². The third-order valence-electron chi connectivity index (χ3n) is 1.59. The number of hydrogen-bond donors (Lipinski definition) is 2. The summed E-state index contributed by atoms with van der Waals surface area (Å²) in [5, 5.41) is 8.85. The first-order chi connectivity index (χ1) is 6.11. The van der Waals surface area contributed by atoms with E-state index in [0.717, 1.165) is 0 Å². The monoisotopic (exact) mass is 200 g/mol. The van der Waals surface area contributed by atoms with Gasteiger partial charge < -0.3 is 10.8 Å². The molecule has 1 atom stereocenters. The van der Waals surface area contributed by atoms with Gasteiger partial charge in [-0.3, -0.25) is 4.79 Å². The van der Waals surface area contributed by atoms with E-state index in [2.05, 4.69) is 4.98 Å². The predicted octanol–water partition coefficient (Wildman–Crippen LogP) is 0.689. The van der Waals surface area contributed by atoms with Gasteiger partial charge in [-0.2, -0.15) is 0 Å². The van der Waals surface area contributed by atoms with Crippen molar-refractivity contribution in [2.24, 2.45) is 5.73 Å². The van der Waals surface area contributed by atoms with Crippen molar-refractivity contribution in [2.75, 3.05) is 0 Å². The molecule has 0 saturated carbocycles. The SMILES string of the molecule is N[C@@H](Cc1cccnc1Cl)C(=O)O. The highest BCUT2D eigenvalue weighted by Gasteiger charge is 2.13. The van der Waals surface area contributed by atoms with Crippen LogP contribution in [0.1, 0.15) is 5.56 Å². The van der Waals surface area contributed by atoms with Gasteiger partial charge in [0.05, 0.1) is 0 Å². The van der Waals surface area contributed by atoms with Crippen LogP contribution >= 0.6 is 11.6 Å². The van der Waals surface area contributed by atoms with Gasteiger partial charge in [-0.05, 0) is 11.6 Å². The Labute approximate surface area is 80.3 Å². The van der Waals surface area contributed by atoms with E-state index in [1.54, 1.807) is 12.1 Å². The molecule has 0 radical (unpaired) electrons. The molecule has 0 amide bonds. The van der Waals surface area contributed by atoms with Gasteiger partial charge in [-0.15, -0.1) is 0 Å². The molecular formula is C8H9ClN2O2. The van der Waals surface area contributed by atoms with Crippen molar-refractivity contribution in [3.8, 4) is 0 Å². The molecule has 0 saturated heterocycles. The van der Waals surface area contributed by atoms with Crippen molar-refractivity contribution < 1.29 is 9.90 Å². The maximum atomic E-state index is 10.4. The maximum absolute atomic E-state index is 10.4. The van der Waals surface area contributed by atoms with Crippen LogP contribution in [0.25, 0.3) is 0 Å². The van der Waals surface area contributed by atoms with Crippen LogP contribution in [0, 0.1) is 0 Å². The molecule has 1 rings (SSSR count). The van der Waals surface area contributed by atoms with E-state index in [9.17, 15) is 4.79 Å². The smallest absolute Gasteiger partial charge is 0.320 e. The van der Waals surface area contributed by atoms with Crippen molar-refractivity contribution in [1.29, 1.82) is 0 Å². The second-order valence-corrected chi connectivity index (χ2v) is 2.96. The fourth-order valence-electron chi connectivity index (χ4n) is 0.896. The Bertz CT molecular complexity index is 317. The molecule has 70 valence electrons. The highest BCUT2D eigenvalue weighted by Crippen LogP contribution is 2.12. The minimum absolute atomic E-state index is 0.196. The molecule has 0 spiro atoms. The molecule has 0 aliphatic rings. The average molecular weight is 201 g/mol. The Kier molecular flexibility index (Phi) is 3.22. The summed E-state index contributed by atoms with van der Waals surface area (Å²) >= 11 is 5.71. The molecular weight excluding hydrogens is 192 g/mol.